The Labute approximate surface area is 147 Å². The van der Waals surface area contributed by atoms with Crippen molar-refractivity contribution in [1.82, 2.24) is 9.88 Å². The molecule has 1 aromatic heterocycles. The van der Waals surface area contributed by atoms with Crippen molar-refractivity contribution in [1.29, 1.82) is 0 Å². The molecule has 1 amide bonds. The zero-order valence-corrected chi connectivity index (χ0v) is 15.7. The number of ether oxygens (including phenoxy) is 1. The van der Waals surface area contributed by atoms with Crippen LogP contribution in [-0.4, -0.2) is 36.5 Å². The number of aromatic nitrogens is 1. The van der Waals surface area contributed by atoms with Crippen LogP contribution < -0.4 is 5.32 Å². The molecule has 2 aromatic rings. The molecule has 6 heteroatoms. The van der Waals surface area contributed by atoms with Gasteiger partial charge in [0, 0.05) is 37.3 Å². The van der Waals surface area contributed by atoms with Gasteiger partial charge in [-0.2, -0.15) is 0 Å². The lowest BCUT2D eigenvalue weighted by Gasteiger charge is -2.14. The molecule has 0 spiro atoms. The highest BCUT2D eigenvalue weighted by Gasteiger charge is 2.12. The number of nitrogens with one attached hydrogen (secondary N) is 1. The fraction of sp³-hybridized carbons (Fsp3) is 0.444. The number of hydrogen-bond acceptors (Lipinski definition) is 5. The van der Waals surface area contributed by atoms with Crippen molar-refractivity contribution >= 4 is 22.9 Å². The normalized spacial score (nSPS) is 12.0. The first kappa shape index (κ1) is 18.4. The van der Waals surface area contributed by atoms with Gasteiger partial charge >= 0.3 is 0 Å². The van der Waals surface area contributed by atoms with Crippen molar-refractivity contribution in [2.45, 2.75) is 33.4 Å². The zero-order chi connectivity index (χ0) is 17.7. The van der Waals surface area contributed by atoms with E-state index in [1.165, 1.54) is 0 Å². The fourth-order valence-corrected chi connectivity index (χ4v) is 3.18. The van der Waals surface area contributed by atoms with Crippen molar-refractivity contribution in [2.24, 2.45) is 0 Å². The van der Waals surface area contributed by atoms with Crippen LogP contribution in [0.2, 0.25) is 0 Å². The summed E-state index contributed by atoms with van der Waals surface area (Å²) in [6.45, 7) is 7.29. The van der Waals surface area contributed by atoms with Crippen LogP contribution in [0.1, 0.15) is 46.6 Å². The number of rotatable bonds is 7. The molecule has 5 nitrogen and oxygen atoms in total. The minimum Gasteiger partial charge on any atom is -0.379 e. The second-order valence-electron chi connectivity index (χ2n) is 5.86. The number of thiazole rings is 1. The molecule has 1 N–H and O–H groups in total. The van der Waals surface area contributed by atoms with Crippen molar-refractivity contribution in [2.75, 3.05) is 26.0 Å². The monoisotopic (exact) mass is 347 g/mol. The number of amides is 1. The summed E-state index contributed by atoms with van der Waals surface area (Å²) in [4.78, 5) is 18.3. The predicted molar refractivity (Wildman–Crippen MR) is 98.7 cm³/mol. The van der Waals surface area contributed by atoms with Gasteiger partial charge in [-0.05, 0) is 44.5 Å². The van der Waals surface area contributed by atoms with Gasteiger partial charge in [-0.15, -0.1) is 11.3 Å². The Kier molecular flexibility index (Phi) is 6.34. The zero-order valence-electron chi connectivity index (χ0n) is 14.9. The van der Waals surface area contributed by atoms with Crippen LogP contribution in [0.4, 0.5) is 5.69 Å². The summed E-state index contributed by atoms with van der Waals surface area (Å²) >= 11 is 1.62. The number of anilines is 1. The summed E-state index contributed by atoms with van der Waals surface area (Å²) in [6, 6.07) is 5.79. The van der Waals surface area contributed by atoms with Gasteiger partial charge in [0.05, 0.1) is 12.2 Å². The quantitative estimate of drug-likeness (QED) is 0.826. The minimum absolute atomic E-state index is 0.0214. The highest BCUT2D eigenvalue weighted by molar-refractivity contribution is 7.09. The fourth-order valence-electron chi connectivity index (χ4n) is 2.36. The Morgan fingerprint density at radius 3 is 2.79 bits per heavy atom. The molecule has 0 saturated heterocycles. The van der Waals surface area contributed by atoms with Gasteiger partial charge in [0.25, 0.3) is 5.91 Å². The second kappa shape index (κ2) is 8.26. The molecule has 0 radical (unpaired) electrons. The summed E-state index contributed by atoms with van der Waals surface area (Å²) in [7, 11) is 3.52. The highest BCUT2D eigenvalue weighted by Crippen LogP contribution is 2.22. The molecule has 0 aliphatic rings. The Hall–Kier alpha value is -1.92. The maximum Gasteiger partial charge on any atom is 0.253 e. The molecule has 130 valence electrons. The third-order valence-corrected chi connectivity index (χ3v) is 4.73. The van der Waals surface area contributed by atoms with Crippen LogP contribution in [0.3, 0.4) is 0 Å². The van der Waals surface area contributed by atoms with E-state index in [1.54, 1.807) is 30.3 Å². The van der Waals surface area contributed by atoms with E-state index in [0.717, 1.165) is 27.5 Å². The van der Waals surface area contributed by atoms with E-state index in [0.29, 0.717) is 13.2 Å². The average molecular weight is 347 g/mol. The number of benzene rings is 1. The van der Waals surface area contributed by atoms with E-state index < -0.39 is 0 Å². The predicted octanol–water partition coefficient (Wildman–Crippen LogP) is 3.86. The van der Waals surface area contributed by atoms with Crippen LogP contribution in [-0.2, 0) is 11.3 Å². The standard InChI is InChI=1S/C18H25N3O2S/c1-6-23-13(3)17-20-15(11-24-17)10-19-14-7-8-16(12(2)9-14)18(22)21(4)5/h7-9,11,13,19H,6,10H2,1-5H3/t13-/m0/s1. The minimum atomic E-state index is 0.0214. The smallest absolute Gasteiger partial charge is 0.253 e. The lowest BCUT2D eigenvalue weighted by atomic mass is 10.1. The van der Waals surface area contributed by atoms with E-state index in [4.69, 9.17) is 4.74 Å². The summed E-state index contributed by atoms with van der Waals surface area (Å²) < 4.78 is 5.57. The van der Waals surface area contributed by atoms with E-state index >= 15 is 0 Å². The van der Waals surface area contributed by atoms with Gasteiger partial charge in [0.15, 0.2) is 0 Å². The average Bonchev–Trinajstić information content (AvgIpc) is 3.01. The van der Waals surface area contributed by atoms with Crippen LogP contribution >= 0.6 is 11.3 Å². The molecular weight excluding hydrogens is 322 g/mol. The van der Waals surface area contributed by atoms with E-state index in [2.05, 4.69) is 15.7 Å². The lowest BCUT2D eigenvalue weighted by molar-refractivity contribution is 0.0761. The first-order chi connectivity index (χ1) is 11.4. The van der Waals surface area contributed by atoms with Gasteiger partial charge in [0.2, 0.25) is 0 Å². The van der Waals surface area contributed by atoms with E-state index in [-0.39, 0.29) is 12.0 Å². The molecule has 0 unspecified atom stereocenters. The van der Waals surface area contributed by atoms with Crippen LogP contribution in [0.25, 0.3) is 0 Å². The second-order valence-corrected chi connectivity index (χ2v) is 6.75. The molecule has 1 aromatic carbocycles. The first-order valence-corrected chi connectivity index (χ1v) is 8.92. The highest BCUT2D eigenvalue weighted by atomic mass is 32.1. The molecule has 0 bridgehead atoms. The molecule has 0 aliphatic carbocycles. The molecule has 0 saturated carbocycles. The Balaban J connectivity index is 2.00. The maximum absolute atomic E-state index is 12.1. The van der Waals surface area contributed by atoms with Crippen molar-refractivity contribution in [3.8, 4) is 0 Å². The van der Waals surface area contributed by atoms with E-state index in [1.807, 2.05) is 39.0 Å². The Morgan fingerprint density at radius 1 is 1.42 bits per heavy atom. The number of carbonyl (C=O) groups excluding carboxylic acids is 1. The summed E-state index contributed by atoms with van der Waals surface area (Å²) in [6.07, 6.45) is 0.0346. The van der Waals surface area contributed by atoms with Crippen molar-refractivity contribution in [3.05, 3.63) is 45.4 Å². The molecule has 24 heavy (non-hydrogen) atoms. The van der Waals surface area contributed by atoms with Crippen LogP contribution in [0.15, 0.2) is 23.6 Å². The van der Waals surface area contributed by atoms with Crippen molar-refractivity contribution < 1.29 is 9.53 Å². The van der Waals surface area contributed by atoms with Gasteiger partial charge < -0.3 is 15.0 Å². The molecule has 1 atom stereocenters. The SMILES string of the molecule is CCO[C@@H](C)c1nc(CNc2ccc(C(=O)N(C)C)c(C)c2)cs1. The molecule has 0 fully saturated rings. The number of hydrogen-bond donors (Lipinski definition) is 1. The summed E-state index contributed by atoms with van der Waals surface area (Å²) in [5.41, 5.74) is 3.66. The third kappa shape index (κ3) is 4.55. The van der Waals surface area contributed by atoms with Gasteiger partial charge in [0.1, 0.15) is 11.1 Å². The Bertz CT molecular complexity index is 697. The summed E-state index contributed by atoms with van der Waals surface area (Å²) in [5, 5.41) is 6.41. The maximum atomic E-state index is 12.1. The first-order valence-electron chi connectivity index (χ1n) is 8.04. The molecular formula is C18H25N3O2S. The molecule has 0 aliphatic heterocycles. The van der Waals surface area contributed by atoms with Crippen LogP contribution in [0.5, 0.6) is 0 Å². The van der Waals surface area contributed by atoms with Gasteiger partial charge in [-0.3, -0.25) is 4.79 Å². The topological polar surface area (TPSA) is 54.5 Å². The third-order valence-electron chi connectivity index (χ3n) is 3.67. The summed E-state index contributed by atoms with van der Waals surface area (Å²) in [5.74, 6) is 0.0214. The number of aryl methyl sites for hydroxylation is 1. The largest absolute Gasteiger partial charge is 0.379 e. The van der Waals surface area contributed by atoms with Crippen molar-refractivity contribution in [3.63, 3.8) is 0 Å². The molecule has 1 heterocycles. The number of nitrogens with zero attached hydrogens (tertiary/aromatic N) is 2. The van der Waals surface area contributed by atoms with Crippen LogP contribution in [0, 0.1) is 6.92 Å². The lowest BCUT2D eigenvalue weighted by Crippen LogP contribution is -2.22. The van der Waals surface area contributed by atoms with E-state index in [9.17, 15) is 4.79 Å². The van der Waals surface area contributed by atoms with Gasteiger partial charge in [-0.1, -0.05) is 0 Å². The Morgan fingerprint density at radius 2 is 2.17 bits per heavy atom. The molecule has 2 rings (SSSR count). The van der Waals surface area contributed by atoms with Gasteiger partial charge in [-0.25, -0.2) is 4.98 Å². The number of carbonyl (C=O) groups is 1.